The molecular weight excluding hydrogens is 226 g/mol. The van der Waals surface area contributed by atoms with Crippen LogP contribution in [0.2, 0.25) is 0 Å². The summed E-state index contributed by atoms with van der Waals surface area (Å²) in [5, 5.41) is 9.98. The molecule has 0 aliphatic rings. The Hall–Kier alpha value is 1.28. The monoisotopic (exact) mass is 242 g/mol. The molecule has 0 heterocycles. The van der Waals surface area contributed by atoms with Crippen LogP contribution in [0.4, 0.5) is 0 Å². The van der Waals surface area contributed by atoms with Crippen molar-refractivity contribution < 1.29 is 68.1 Å². The van der Waals surface area contributed by atoms with Gasteiger partial charge in [-0.3, -0.25) is 0 Å². The SMILES string of the molecule is CCCCCCCCC(=O)[O-].[Rb+]. The average Bonchev–Trinajstić information content (AvgIpc) is 1.96. The number of hydrogen-bond acceptors (Lipinski definition) is 2. The minimum atomic E-state index is -0.916. The van der Waals surface area contributed by atoms with E-state index in [1.54, 1.807) is 0 Å². The van der Waals surface area contributed by atoms with Gasteiger partial charge in [0, 0.05) is 5.97 Å². The van der Waals surface area contributed by atoms with Crippen molar-refractivity contribution in [3.05, 3.63) is 0 Å². The van der Waals surface area contributed by atoms with E-state index in [1.807, 2.05) is 0 Å². The molecule has 0 saturated carbocycles. The molecule has 0 bridgehead atoms. The molecule has 0 aromatic rings. The topological polar surface area (TPSA) is 40.1 Å². The first-order valence-corrected chi connectivity index (χ1v) is 4.47. The molecule has 0 fully saturated rings. The van der Waals surface area contributed by atoms with Gasteiger partial charge in [0.05, 0.1) is 0 Å². The standard InChI is InChI=1S/C9H18O2.Rb/c1-2-3-4-5-6-7-8-9(10)11;/h2-8H2,1H3,(H,10,11);/q;+1/p-1. The molecule has 12 heavy (non-hydrogen) atoms. The van der Waals surface area contributed by atoms with Crippen molar-refractivity contribution in [2.24, 2.45) is 0 Å². The Balaban J connectivity index is 0. The summed E-state index contributed by atoms with van der Waals surface area (Å²) in [6.45, 7) is 2.17. The van der Waals surface area contributed by atoms with Crippen molar-refractivity contribution in [2.75, 3.05) is 0 Å². The Morgan fingerprint density at radius 3 is 2.08 bits per heavy atom. The predicted octanol–water partition coefficient (Wildman–Crippen LogP) is -1.51. The summed E-state index contributed by atoms with van der Waals surface area (Å²) in [7, 11) is 0. The van der Waals surface area contributed by atoms with Gasteiger partial charge in [0.1, 0.15) is 0 Å². The Morgan fingerprint density at radius 1 is 1.08 bits per heavy atom. The van der Waals surface area contributed by atoms with Gasteiger partial charge in [-0.1, -0.05) is 39.0 Å². The van der Waals surface area contributed by atoms with Crippen molar-refractivity contribution in [1.82, 2.24) is 0 Å². The maximum absolute atomic E-state index is 9.98. The van der Waals surface area contributed by atoms with Crippen molar-refractivity contribution >= 4 is 5.97 Å². The van der Waals surface area contributed by atoms with Gasteiger partial charge in [-0.05, 0) is 12.8 Å². The second kappa shape index (κ2) is 12.3. The van der Waals surface area contributed by atoms with Crippen LogP contribution in [0.5, 0.6) is 0 Å². The zero-order valence-electron chi connectivity index (χ0n) is 8.27. The number of carboxylic acids is 1. The first kappa shape index (κ1) is 15.7. The summed E-state index contributed by atoms with van der Waals surface area (Å²) < 4.78 is 0. The Labute approximate surface area is 124 Å². The molecule has 0 amide bonds. The van der Waals surface area contributed by atoms with Crippen molar-refractivity contribution in [3.63, 3.8) is 0 Å². The Bertz CT molecular complexity index is 105. The molecule has 0 radical (unpaired) electrons. The van der Waals surface area contributed by atoms with E-state index in [0.29, 0.717) is 0 Å². The van der Waals surface area contributed by atoms with Crippen LogP contribution in [0.1, 0.15) is 51.9 Å². The van der Waals surface area contributed by atoms with Crippen molar-refractivity contribution in [3.8, 4) is 0 Å². The van der Waals surface area contributed by atoms with Crippen LogP contribution >= 0.6 is 0 Å². The number of unbranched alkanes of at least 4 members (excludes halogenated alkanes) is 5. The molecule has 0 saturated heterocycles. The molecule has 2 nitrogen and oxygen atoms in total. The van der Waals surface area contributed by atoms with Gasteiger partial charge in [-0.15, -0.1) is 0 Å². The fourth-order valence-electron chi connectivity index (χ4n) is 1.05. The van der Waals surface area contributed by atoms with E-state index >= 15 is 0 Å². The van der Waals surface area contributed by atoms with Gasteiger partial charge < -0.3 is 9.90 Å². The van der Waals surface area contributed by atoms with E-state index in [4.69, 9.17) is 0 Å². The van der Waals surface area contributed by atoms with Crippen LogP contribution in [-0.4, -0.2) is 5.97 Å². The van der Waals surface area contributed by atoms with Crippen molar-refractivity contribution in [1.29, 1.82) is 0 Å². The second-order valence-electron chi connectivity index (χ2n) is 2.89. The summed E-state index contributed by atoms with van der Waals surface area (Å²) in [6, 6.07) is 0. The van der Waals surface area contributed by atoms with Gasteiger partial charge >= 0.3 is 58.2 Å². The summed E-state index contributed by atoms with van der Waals surface area (Å²) in [6.07, 6.45) is 6.96. The van der Waals surface area contributed by atoms with Gasteiger partial charge in [-0.2, -0.15) is 0 Å². The number of carbonyl (C=O) groups is 1. The number of aliphatic carboxylic acids is 1. The fourth-order valence-corrected chi connectivity index (χ4v) is 1.05. The zero-order valence-corrected chi connectivity index (χ0v) is 13.2. The largest absolute Gasteiger partial charge is 1.00 e. The molecule has 0 aliphatic carbocycles. The third kappa shape index (κ3) is 13.8. The smallest absolute Gasteiger partial charge is 0.550 e. The summed E-state index contributed by atoms with van der Waals surface area (Å²) in [5.41, 5.74) is 0. The van der Waals surface area contributed by atoms with Gasteiger partial charge in [-0.25, -0.2) is 0 Å². The van der Waals surface area contributed by atoms with Crippen LogP contribution in [0.15, 0.2) is 0 Å². The maximum atomic E-state index is 9.98. The summed E-state index contributed by atoms with van der Waals surface area (Å²) in [4.78, 5) is 9.98. The van der Waals surface area contributed by atoms with E-state index in [0.717, 1.165) is 12.8 Å². The quantitative estimate of drug-likeness (QED) is 0.510. The minimum absolute atomic E-state index is 0. The van der Waals surface area contributed by atoms with Crippen LogP contribution in [-0.2, 0) is 4.79 Å². The molecule has 66 valence electrons. The molecule has 0 rings (SSSR count). The number of hydrogen-bond donors (Lipinski definition) is 0. The van der Waals surface area contributed by atoms with Crippen LogP contribution < -0.4 is 63.3 Å². The van der Waals surface area contributed by atoms with E-state index in [-0.39, 0.29) is 64.6 Å². The normalized spacial score (nSPS) is 9.08. The fraction of sp³-hybridized carbons (Fsp3) is 0.889. The second-order valence-corrected chi connectivity index (χ2v) is 2.89. The first-order chi connectivity index (χ1) is 5.27. The molecule has 0 spiro atoms. The van der Waals surface area contributed by atoms with Crippen LogP contribution in [0, 0.1) is 0 Å². The van der Waals surface area contributed by atoms with Gasteiger partial charge in [0.2, 0.25) is 0 Å². The number of rotatable bonds is 7. The molecule has 0 unspecified atom stereocenters. The Morgan fingerprint density at radius 2 is 1.58 bits per heavy atom. The molecule has 0 N–H and O–H groups in total. The number of carbonyl (C=O) groups excluding carboxylic acids is 1. The van der Waals surface area contributed by atoms with E-state index in [1.165, 1.54) is 25.7 Å². The van der Waals surface area contributed by atoms with Crippen LogP contribution in [0.25, 0.3) is 0 Å². The molecule has 0 aliphatic heterocycles. The summed E-state index contributed by atoms with van der Waals surface area (Å²) in [5.74, 6) is -0.916. The first-order valence-electron chi connectivity index (χ1n) is 4.47. The zero-order chi connectivity index (χ0) is 8.53. The van der Waals surface area contributed by atoms with E-state index < -0.39 is 5.97 Å². The van der Waals surface area contributed by atoms with Gasteiger partial charge in [0.15, 0.2) is 0 Å². The third-order valence-electron chi connectivity index (χ3n) is 1.73. The minimum Gasteiger partial charge on any atom is -0.550 e. The van der Waals surface area contributed by atoms with Gasteiger partial charge in [0.25, 0.3) is 0 Å². The maximum Gasteiger partial charge on any atom is 1.00 e. The molecule has 0 atom stereocenters. The van der Waals surface area contributed by atoms with Crippen molar-refractivity contribution in [2.45, 2.75) is 51.9 Å². The van der Waals surface area contributed by atoms with E-state index in [2.05, 4.69) is 6.92 Å². The molecule has 0 aromatic heterocycles. The number of carboxylic acid groups (broad SMARTS) is 1. The summed E-state index contributed by atoms with van der Waals surface area (Å²) >= 11 is 0. The van der Waals surface area contributed by atoms with E-state index in [9.17, 15) is 9.90 Å². The molecular formula is C9H17O2Rb. The molecule has 0 aromatic carbocycles. The molecule has 3 heteroatoms. The predicted molar refractivity (Wildman–Crippen MR) is 43.0 cm³/mol. The third-order valence-corrected chi connectivity index (χ3v) is 1.73. The Kier molecular flexibility index (Phi) is 16.1. The average molecular weight is 243 g/mol. The van der Waals surface area contributed by atoms with Crippen LogP contribution in [0.3, 0.4) is 0 Å².